The van der Waals surface area contributed by atoms with Crippen LogP contribution in [-0.4, -0.2) is 40.1 Å². The molecule has 1 aromatic carbocycles. The number of nitrogens with zero attached hydrogens (tertiary/aromatic N) is 2. The summed E-state index contributed by atoms with van der Waals surface area (Å²) in [6.45, 7) is 3.12. The van der Waals surface area contributed by atoms with Crippen molar-refractivity contribution in [1.29, 1.82) is 0 Å². The van der Waals surface area contributed by atoms with Crippen LogP contribution in [0.15, 0.2) is 36.5 Å². The van der Waals surface area contributed by atoms with Gasteiger partial charge in [-0.3, -0.25) is 9.78 Å². The lowest BCUT2D eigenvalue weighted by Crippen LogP contribution is -2.45. The monoisotopic (exact) mass is 270 g/mol. The number of β-amino-alcohol motifs (C(OH)–C–C–N with tert-alkyl or cyclic N) is 1. The van der Waals surface area contributed by atoms with Crippen molar-refractivity contribution in [1.82, 2.24) is 9.88 Å². The van der Waals surface area contributed by atoms with Crippen LogP contribution in [0.5, 0.6) is 0 Å². The van der Waals surface area contributed by atoms with Crippen molar-refractivity contribution in [2.75, 3.05) is 13.1 Å². The number of rotatable bonds is 1. The molecule has 1 saturated heterocycles. The Balaban J connectivity index is 1.93. The molecule has 0 spiro atoms. The van der Waals surface area contributed by atoms with Crippen molar-refractivity contribution in [3.05, 3.63) is 42.1 Å². The number of piperidine rings is 1. The summed E-state index contributed by atoms with van der Waals surface area (Å²) < 4.78 is 0. The lowest BCUT2D eigenvalue weighted by Gasteiger charge is -2.34. The predicted molar refractivity (Wildman–Crippen MR) is 77.4 cm³/mol. The molecule has 20 heavy (non-hydrogen) atoms. The number of hydrogen-bond acceptors (Lipinski definition) is 3. The largest absolute Gasteiger partial charge is 0.391 e. The minimum atomic E-state index is -0.435. The van der Waals surface area contributed by atoms with Gasteiger partial charge in [-0.15, -0.1) is 0 Å². The van der Waals surface area contributed by atoms with E-state index in [1.54, 1.807) is 11.1 Å². The second kappa shape index (κ2) is 5.21. The second-order valence-corrected chi connectivity index (χ2v) is 5.47. The van der Waals surface area contributed by atoms with E-state index in [0.29, 0.717) is 18.7 Å². The van der Waals surface area contributed by atoms with E-state index in [0.717, 1.165) is 17.3 Å². The Labute approximate surface area is 118 Å². The number of likely N-dealkylation sites (tertiary alicyclic amines) is 1. The normalized spacial score (nSPS) is 23.0. The summed E-state index contributed by atoms with van der Waals surface area (Å²) in [7, 11) is 0. The van der Waals surface area contributed by atoms with Crippen LogP contribution in [0.1, 0.15) is 23.7 Å². The first-order chi connectivity index (χ1) is 9.66. The van der Waals surface area contributed by atoms with Crippen molar-refractivity contribution in [2.24, 2.45) is 5.92 Å². The number of aliphatic hydroxyl groups is 1. The molecule has 0 bridgehead atoms. The van der Waals surface area contributed by atoms with Crippen molar-refractivity contribution in [3.63, 3.8) is 0 Å². The number of aliphatic hydroxyl groups excluding tert-OH is 1. The van der Waals surface area contributed by atoms with Gasteiger partial charge >= 0.3 is 0 Å². The standard InChI is InChI=1S/C16H18N2O2/c1-11-7-9-18(10-14(11)19)16(20)13-6-2-4-12-5-3-8-17-15(12)13/h2-6,8,11,14,19H,7,9-10H2,1H3. The van der Waals surface area contributed by atoms with Crippen LogP contribution >= 0.6 is 0 Å². The Kier molecular flexibility index (Phi) is 3.40. The minimum Gasteiger partial charge on any atom is -0.391 e. The van der Waals surface area contributed by atoms with Crippen LogP contribution in [0.4, 0.5) is 0 Å². The highest BCUT2D eigenvalue weighted by Gasteiger charge is 2.28. The molecule has 2 atom stereocenters. The van der Waals surface area contributed by atoms with Gasteiger partial charge in [0.15, 0.2) is 0 Å². The van der Waals surface area contributed by atoms with Gasteiger partial charge in [0.1, 0.15) is 0 Å². The number of aromatic nitrogens is 1. The first kappa shape index (κ1) is 13.1. The van der Waals surface area contributed by atoms with Gasteiger partial charge in [-0.25, -0.2) is 0 Å². The lowest BCUT2D eigenvalue weighted by atomic mass is 9.95. The van der Waals surface area contributed by atoms with E-state index in [-0.39, 0.29) is 11.8 Å². The summed E-state index contributed by atoms with van der Waals surface area (Å²) in [5.74, 6) is 0.213. The summed E-state index contributed by atoms with van der Waals surface area (Å²) in [5.41, 5.74) is 1.35. The first-order valence-corrected chi connectivity index (χ1v) is 6.98. The maximum absolute atomic E-state index is 12.6. The number of fused-ring (bicyclic) bond motifs is 1. The van der Waals surface area contributed by atoms with Crippen LogP contribution < -0.4 is 0 Å². The Hall–Kier alpha value is -1.94. The SMILES string of the molecule is CC1CCN(C(=O)c2cccc3cccnc23)CC1O. The van der Waals surface area contributed by atoms with Gasteiger partial charge in [0.25, 0.3) is 5.91 Å². The van der Waals surface area contributed by atoms with Crippen LogP contribution in [-0.2, 0) is 0 Å². The Bertz CT molecular complexity index is 636. The summed E-state index contributed by atoms with van der Waals surface area (Å²) in [4.78, 5) is 18.7. The van der Waals surface area contributed by atoms with Gasteiger partial charge in [-0.05, 0) is 24.5 Å². The summed E-state index contributed by atoms with van der Waals surface area (Å²) in [6.07, 6.45) is 2.10. The highest BCUT2D eigenvalue weighted by Crippen LogP contribution is 2.22. The van der Waals surface area contributed by atoms with Crippen molar-refractivity contribution in [3.8, 4) is 0 Å². The number of carbonyl (C=O) groups excluding carboxylic acids is 1. The number of para-hydroxylation sites is 1. The zero-order chi connectivity index (χ0) is 14.1. The number of pyridine rings is 1. The molecule has 1 aliphatic rings. The number of benzene rings is 1. The highest BCUT2D eigenvalue weighted by molar-refractivity contribution is 6.05. The molecule has 0 aliphatic carbocycles. The van der Waals surface area contributed by atoms with E-state index in [9.17, 15) is 9.90 Å². The molecular weight excluding hydrogens is 252 g/mol. The molecule has 1 aliphatic heterocycles. The fourth-order valence-corrected chi connectivity index (χ4v) is 2.68. The maximum Gasteiger partial charge on any atom is 0.256 e. The van der Waals surface area contributed by atoms with Crippen LogP contribution in [0.3, 0.4) is 0 Å². The molecule has 4 heteroatoms. The molecule has 104 valence electrons. The molecule has 2 heterocycles. The van der Waals surface area contributed by atoms with Crippen LogP contribution in [0.25, 0.3) is 10.9 Å². The molecule has 0 saturated carbocycles. The summed E-state index contributed by atoms with van der Waals surface area (Å²) >= 11 is 0. The fourth-order valence-electron chi connectivity index (χ4n) is 2.68. The predicted octanol–water partition coefficient (Wildman–Crippen LogP) is 2.08. The van der Waals surface area contributed by atoms with Gasteiger partial charge in [0.2, 0.25) is 0 Å². The fraction of sp³-hybridized carbons (Fsp3) is 0.375. The highest BCUT2D eigenvalue weighted by atomic mass is 16.3. The molecular formula is C16H18N2O2. The average molecular weight is 270 g/mol. The number of amides is 1. The minimum absolute atomic E-state index is 0.0414. The first-order valence-electron chi connectivity index (χ1n) is 6.98. The van der Waals surface area contributed by atoms with E-state index in [1.807, 2.05) is 37.3 Å². The van der Waals surface area contributed by atoms with Gasteiger partial charge in [0.05, 0.1) is 17.2 Å². The smallest absolute Gasteiger partial charge is 0.256 e. The summed E-state index contributed by atoms with van der Waals surface area (Å²) in [6, 6.07) is 9.45. The molecule has 4 nitrogen and oxygen atoms in total. The maximum atomic E-state index is 12.6. The molecule has 0 radical (unpaired) electrons. The van der Waals surface area contributed by atoms with Crippen molar-refractivity contribution >= 4 is 16.8 Å². The van der Waals surface area contributed by atoms with Gasteiger partial charge in [-0.2, -0.15) is 0 Å². The molecule has 2 aromatic rings. The zero-order valence-corrected chi connectivity index (χ0v) is 11.5. The van der Waals surface area contributed by atoms with E-state index < -0.39 is 6.10 Å². The van der Waals surface area contributed by atoms with E-state index in [4.69, 9.17) is 0 Å². The Morgan fingerprint density at radius 1 is 1.35 bits per heavy atom. The van der Waals surface area contributed by atoms with Gasteiger partial charge < -0.3 is 10.0 Å². The Morgan fingerprint density at radius 3 is 2.95 bits per heavy atom. The van der Waals surface area contributed by atoms with Crippen LogP contribution in [0, 0.1) is 5.92 Å². The third-order valence-corrected chi connectivity index (χ3v) is 4.07. The van der Waals surface area contributed by atoms with Gasteiger partial charge in [-0.1, -0.05) is 25.1 Å². The third kappa shape index (κ3) is 2.27. The second-order valence-electron chi connectivity index (χ2n) is 5.47. The third-order valence-electron chi connectivity index (χ3n) is 4.07. The van der Waals surface area contributed by atoms with E-state index in [1.165, 1.54) is 0 Å². The Morgan fingerprint density at radius 2 is 2.15 bits per heavy atom. The van der Waals surface area contributed by atoms with E-state index in [2.05, 4.69) is 4.98 Å². The van der Waals surface area contributed by atoms with Crippen LogP contribution in [0.2, 0.25) is 0 Å². The molecule has 1 aromatic heterocycles. The summed E-state index contributed by atoms with van der Waals surface area (Å²) in [5, 5.41) is 10.9. The molecule has 1 amide bonds. The molecule has 1 fully saturated rings. The molecule has 2 unspecified atom stereocenters. The zero-order valence-electron chi connectivity index (χ0n) is 11.5. The number of hydrogen-bond donors (Lipinski definition) is 1. The lowest BCUT2D eigenvalue weighted by molar-refractivity contribution is 0.0249. The van der Waals surface area contributed by atoms with Gasteiger partial charge in [0, 0.05) is 24.7 Å². The van der Waals surface area contributed by atoms with Crippen molar-refractivity contribution < 1.29 is 9.90 Å². The van der Waals surface area contributed by atoms with E-state index >= 15 is 0 Å². The average Bonchev–Trinajstić information content (AvgIpc) is 2.49. The quantitative estimate of drug-likeness (QED) is 0.863. The topological polar surface area (TPSA) is 53.4 Å². The molecule has 3 rings (SSSR count). The van der Waals surface area contributed by atoms with Crippen molar-refractivity contribution in [2.45, 2.75) is 19.4 Å². The molecule has 1 N–H and O–H groups in total. The number of carbonyl (C=O) groups is 1.